The van der Waals surface area contributed by atoms with Gasteiger partial charge in [-0.25, -0.2) is 14.6 Å². The number of esters is 2. The van der Waals surface area contributed by atoms with Gasteiger partial charge in [-0.3, -0.25) is 4.79 Å². The molecule has 0 radical (unpaired) electrons. The number of carbonyl (C=O) groups excluding carboxylic acids is 2. The Morgan fingerprint density at radius 1 is 1.04 bits per heavy atom. The van der Waals surface area contributed by atoms with E-state index in [0.717, 1.165) is 0 Å². The molecule has 0 fully saturated rings. The Kier molecular flexibility index (Phi) is 5.24. The molecule has 2 aromatic rings. The standard InChI is InChI=1S/C16H16N2O5/c1-3-22-15(20)11-9-18(13-7-5-6-8-17-13)10-12(14(11)19)16(21)23-4-2/h5-10H,3-4H2,1-2H3. The van der Waals surface area contributed by atoms with Crippen molar-refractivity contribution in [1.29, 1.82) is 0 Å². The van der Waals surface area contributed by atoms with Crippen molar-refractivity contribution in [3.05, 3.63) is 58.1 Å². The molecule has 0 spiro atoms. The van der Waals surface area contributed by atoms with Crippen LogP contribution in [0.15, 0.2) is 41.6 Å². The molecule has 0 amide bonds. The highest BCUT2D eigenvalue weighted by atomic mass is 16.5. The van der Waals surface area contributed by atoms with Gasteiger partial charge in [0.15, 0.2) is 0 Å². The van der Waals surface area contributed by atoms with Gasteiger partial charge in [0.1, 0.15) is 16.9 Å². The molecule has 0 bridgehead atoms. The van der Waals surface area contributed by atoms with Gasteiger partial charge in [-0.05, 0) is 26.0 Å². The Hall–Kier alpha value is -2.96. The summed E-state index contributed by atoms with van der Waals surface area (Å²) in [5.74, 6) is -1.15. The van der Waals surface area contributed by atoms with Crippen molar-refractivity contribution in [1.82, 2.24) is 9.55 Å². The largest absolute Gasteiger partial charge is 0.462 e. The molecule has 0 aliphatic rings. The van der Waals surface area contributed by atoms with E-state index in [9.17, 15) is 14.4 Å². The lowest BCUT2D eigenvalue weighted by Gasteiger charge is -2.10. The highest BCUT2D eigenvalue weighted by Crippen LogP contribution is 2.08. The number of ether oxygens (including phenoxy) is 2. The monoisotopic (exact) mass is 316 g/mol. The first-order chi connectivity index (χ1) is 11.1. The van der Waals surface area contributed by atoms with Crippen LogP contribution in [0.5, 0.6) is 0 Å². The molecule has 0 saturated carbocycles. The van der Waals surface area contributed by atoms with Crippen LogP contribution in [0.2, 0.25) is 0 Å². The lowest BCUT2D eigenvalue weighted by molar-refractivity contribution is 0.0520. The van der Waals surface area contributed by atoms with E-state index in [2.05, 4.69) is 4.98 Å². The molecule has 0 aliphatic heterocycles. The average Bonchev–Trinajstić information content (AvgIpc) is 2.56. The summed E-state index contributed by atoms with van der Waals surface area (Å²) in [5, 5.41) is 0. The molecule has 7 heteroatoms. The Balaban J connectivity index is 2.62. The summed E-state index contributed by atoms with van der Waals surface area (Å²) in [6, 6.07) is 5.15. The highest BCUT2D eigenvalue weighted by Gasteiger charge is 2.21. The number of nitrogens with zero attached hydrogens (tertiary/aromatic N) is 2. The van der Waals surface area contributed by atoms with Gasteiger partial charge in [0.05, 0.1) is 13.2 Å². The molecule has 0 aliphatic carbocycles. The second-order valence-corrected chi connectivity index (χ2v) is 4.45. The van der Waals surface area contributed by atoms with Crippen LogP contribution in [-0.4, -0.2) is 34.7 Å². The predicted octanol–water partition coefficient (Wildman–Crippen LogP) is 1.59. The van der Waals surface area contributed by atoms with Crippen LogP contribution < -0.4 is 5.43 Å². The van der Waals surface area contributed by atoms with Crippen molar-refractivity contribution in [2.24, 2.45) is 0 Å². The Morgan fingerprint density at radius 2 is 1.61 bits per heavy atom. The summed E-state index contributed by atoms with van der Waals surface area (Å²) < 4.78 is 11.2. The lowest BCUT2D eigenvalue weighted by Crippen LogP contribution is -2.26. The minimum Gasteiger partial charge on any atom is -0.462 e. The van der Waals surface area contributed by atoms with Crippen molar-refractivity contribution in [2.75, 3.05) is 13.2 Å². The van der Waals surface area contributed by atoms with Crippen LogP contribution in [0.1, 0.15) is 34.6 Å². The summed E-state index contributed by atoms with van der Waals surface area (Å²) in [5.41, 5.74) is -1.22. The third-order valence-electron chi connectivity index (χ3n) is 2.93. The van der Waals surface area contributed by atoms with E-state index in [4.69, 9.17) is 9.47 Å². The fraction of sp³-hybridized carbons (Fsp3) is 0.250. The first-order valence-corrected chi connectivity index (χ1v) is 7.10. The fourth-order valence-corrected chi connectivity index (χ4v) is 1.93. The van der Waals surface area contributed by atoms with E-state index in [0.29, 0.717) is 5.82 Å². The molecule has 2 rings (SSSR count). The number of pyridine rings is 2. The summed E-state index contributed by atoms with van der Waals surface area (Å²) in [4.78, 5) is 40.4. The van der Waals surface area contributed by atoms with E-state index in [1.807, 2.05) is 0 Å². The van der Waals surface area contributed by atoms with Crippen LogP contribution >= 0.6 is 0 Å². The molecule has 0 atom stereocenters. The second-order valence-electron chi connectivity index (χ2n) is 4.45. The topological polar surface area (TPSA) is 87.5 Å². The Labute approximate surface area is 132 Å². The van der Waals surface area contributed by atoms with Gasteiger partial charge in [-0.2, -0.15) is 0 Å². The van der Waals surface area contributed by atoms with E-state index >= 15 is 0 Å². The molecule has 7 nitrogen and oxygen atoms in total. The zero-order valence-corrected chi connectivity index (χ0v) is 12.8. The maximum absolute atomic E-state index is 12.3. The second kappa shape index (κ2) is 7.35. The van der Waals surface area contributed by atoms with Gasteiger partial charge in [0.2, 0.25) is 5.43 Å². The molecule has 120 valence electrons. The Morgan fingerprint density at radius 3 is 2.04 bits per heavy atom. The summed E-state index contributed by atoms with van der Waals surface area (Å²) in [6.07, 6.45) is 4.15. The summed E-state index contributed by atoms with van der Waals surface area (Å²) in [7, 11) is 0. The zero-order valence-electron chi connectivity index (χ0n) is 12.8. The number of aromatic nitrogens is 2. The Bertz CT molecular complexity index is 726. The summed E-state index contributed by atoms with van der Waals surface area (Å²) >= 11 is 0. The molecule has 2 heterocycles. The third-order valence-corrected chi connectivity index (χ3v) is 2.93. The van der Waals surface area contributed by atoms with Crippen molar-refractivity contribution >= 4 is 11.9 Å². The maximum Gasteiger partial charge on any atom is 0.343 e. The van der Waals surface area contributed by atoms with Crippen LogP contribution in [0, 0.1) is 0 Å². The highest BCUT2D eigenvalue weighted by molar-refractivity contribution is 5.94. The number of hydrogen-bond acceptors (Lipinski definition) is 6. The molecular formula is C16H16N2O5. The van der Waals surface area contributed by atoms with Crippen molar-refractivity contribution < 1.29 is 19.1 Å². The third kappa shape index (κ3) is 3.63. The number of carbonyl (C=O) groups is 2. The maximum atomic E-state index is 12.3. The molecule has 0 aromatic carbocycles. The van der Waals surface area contributed by atoms with Gasteiger partial charge in [-0.1, -0.05) is 6.07 Å². The van der Waals surface area contributed by atoms with Gasteiger partial charge in [0.25, 0.3) is 0 Å². The van der Waals surface area contributed by atoms with Crippen LogP contribution in [0.4, 0.5) is 0 Å². The van der Waals surface area contributed by atoms with Gasteiger partial charge in [0, 0.05) is 18.6 Å². The first-order valence-electron chi connectivity index (χ1n) is 7.10. The SMILES string of the molecule is CCOC(=O)c1cn(-c2ccccn2)cc(C(=O)OCC)c1=O. The molecule has 2 aromatic heterocycles. The fourth-order valence-electron chi connectivity index (χ4n) is 1.93. The van der Waals surface area contributed by atoms with E-state index in [1.165, 1.54) is 17.0 Å². The lowest BCUT2D eigenvalue weighted by atomic mass is 10.2. The molecule has 0 saturated heterocycles. The van der Waals surface area contributed by atoms with Gasteiger partial charge in [-0.15, -0.1) is 0 Å². The zero-order chi connectivity index (χ0) is 16.8. The van der Waals surface area contributed by atoms with Crippen LogP contribution in [0.3, 0.4) is 0 Å². The number of hydrogen-bond donors (Lipinski definition) is 0. The van der Waals surface area contributed by atoms with Crippen molar-refractivity contribution in [3.8, 4) is 5.82 Å². The predicted molar refractivity (Wildman–Crippen MR) is 81.7 cm³/mol. The summed E-state index contributed by atoms with van der Waals surface area (Å²) in [6.45, 7) is 3.49. The quantitative estimate of drug-likeness (QED) is 0.778. The van der Waals surface area contributed by atoms with Gasteiger partial charge >= 0.3 is 11.9 Å². The molecule has 0 unspecified atom stereocenters. The number of rotatable bonds is 5. The minimum atomic E-state index is -0.798. The normalized spacial score (nSPS) is 10.2. The molecular weight excluding hydrogens is 300 g/mol. The van der Waals surface area contributed by atoms with Crippen LogP contribution in [0.25, 0.3) is 5.82 Å². The molecule has 0 N–H and O–H groups in total. The van der Waals surface area contributed by atoms with E-state index in [1.54, 1.807) is 38.2 Å². The van der Waals surface area contributed by atoms with E-state index < -0.39 is 17.4 Å². The smallest absolute Gasteiger partial charge is 0.343 e. The first kappa shape index (κ1) is 16.4. The van der Waals surface area contributed by atoms with Gasteiger partial charge < -0.3 is 14.0 Å². The van der Waals surface area contributed by atoms with Crippen molar-refractivity contribution in [3.63, 3.8) is 0 Å². The van der Waals surface area contributed by atoms with E-state index in [-0.39, 0.29) is 24.3 Å². The average molecular weight is 316 g/mol. The van der Waals surface area contributed by atoms with Crippen LogP contribution in [-0.2, 0) is 9.47 Å². The van der Waals surface area contributed by atoms with Crippen molar-refractivity contribution in [2.45, 2.75) is 13.8 Å². The minimum absolute atomic E-state index is 0.117. The molecule has 23 heavy (non-hydrogen) atoms.